The average molecular weight is 404 g/mol. The predicted octanol–water partition coefficient (Wildman–Crippen LogP) is 3.44. The van der Waals surface area contributed by atoms with E-state index in [1.807, 2.05) is 0 Å². The number of benzene rings is 1. The predicted molar refractivity (Wildman–Crippen MR) is 109 cm³/mol. The molecule has 0 spiro atoms. The van der Waals surface area contributed by atoms with Crippen LogP contribution in [-0.4, -0.2) is 40.3 Å². The number of aromatic nitrogens is 2. The van der Waals surface area contributed by atoms with Crippen LogP contribution in [0, 0.1) is 0 Å². The van der Waals surface area contributed by atoms with E-state index in [0.717, 1.165) is 5.69 Å². The van der Waals surface area contributed by atoms with Gasteiger partial charge in [-0.3, -0.25) is 9.59 Å². The molecule has 1 saturated heterocycles. The number of amides is 1. The van der Waals surface area contributed by atoms with Crippen LogP contribution in [0.2, 0.25) is 5.02 Å². The lowest BCUT2D eigenvalue weighted by atomic mass is 9.92. The number of hydrogen-bond donors (Lipinski definition) is 0. The summed E-state index contributed by atoms with van der Waals surface area (Å²) in [5.74, 6) is 0.555. The van der Waals surface area contributed by atoms with Crippen molar-refractivity contribution in [2.45, 2.75) is 45.1 Å². The first kappa shape index (κ1) is 20.4. The molecule has 6 nitrogen and oxygen atoms in total. The van der Waals surface area contributed by atoms with Crippen LogP contribution in [0.3, 0.4) is 0 Å². The number of rotatable bonds is 4. The van der Waals surface area contributed by atoms with Crippen molar-refractivity contribution >= 4 is 17.5 Å². The Morgan fingerprint density at radius 3 is 2.39 bits per heavy atom. The fourth-order valence-electron chi connectivity index (χ4n) is 3.21. The molecular formula is C21H26ClN3O3. The molecule has 0 radical (unpaired) electrons. The zero-order valence-corrected chi connectivity index (χ0v) is 17.3. The summed E-state index contributed by atoms with van der Waals surface area (Å²) in [4.78, 5) is 26.5. The fraction of sp³-hybridized carbons (Fsp3) is 0.476. The first-order chi connectivity index (χ1) is 13.2. The molecule has 28 heavy (non-hydrogen) atoms. The van der Waals surface area contributed by atoms with Gasteiger partial charge in [-0.1, -0.05) is 32.4 Å². The minimum absolute atomic E-state index is 0.00991. The molecule has 2 heterocycles. The van der Waals surface area contributed by atoms with E-state index in [1.54, 1.807) is 46.0 Å². The highest BCUT2D eigenvalue weighted by atomic mass is 35.5. The van der Waals surface area contributed by atoms with Gasteiger partial charge in [0.2, 0.25) is 0 Å². The van der Waals surface area contributed by atoms with E-state index in [-0.39, 0.29) is 29.5 Å². The summed E-state index contributed by atoms with van der Waals surface area (Å²) >= 11 is 5.85. The third-order valence-corrected chi connectivity index (χ3v) is 5.18. The quantitative estimate of drug-likeness (QED) is 0.784. The average Bonchev–Trinajstić information content (AvgIpc) is 2.67. The summed E-state index contributed by atoms with van der Waals surface area (Å²) in [6.45, 7) is 7.39. The maximum atomic E-state index is 12.4. The van der Waals surface area contributed by atoms with Crippen LogP contribution < -0.4 is 10.3 Å². The Labute approximate surface area is 170 Å². The summed E-state index contributed by atoms with van der Waals surface area (Å²) in [5.41, 5.74) is 0.677. The van der Waals surface area contributed by atoms with Crippen molar-refractivity contribution in [1.82, 2.24) is 14.7 Å². The second kappa shape index (κ2) is 8.35. The normalized spacial score (nSPS) is 15.5. The molecule has 0 saturated carbocycles. The van der Waals surface area contributed by atoms with Crippen molar-refractivity contribution in [2.24, 2.45) is 0 Å². The lowest BCUT2D eigenvalue weighted by molar-refractivity contribution is -0.134. The third-order valence-electron chi connectivity index (χ3n) is 4.93. The summed E-state index contributed by atoms with van der Waals surface area (Å²) in [5, 5.41) is 5.21. The number of halogens is 1. The lowest BCUT2D eigenvalue weighted by Crippen LogP contribution is -2.43. The minimum Gasteiger partial charge on any atom is -0.484 e. The van der Waals surface area contributed by atoms with Gasteiger partial charge >= 0.3 is 0 Å². The van der Waals surface area contributed by atoms with E-state index in [1.165, 1.54) is 0 Å². The summed E-state index contributed by atoms with van der Waals surface area (Å²) in [6.07, 6.45) is 1.40. The van der Waals surface area contributed by atoms with E-state index in [0.29, 0.717) is 36.7 Å². The number of ether oxygens (including phenoxy) is 1. The van der Waals surface area contributed by atoms with Crippen LogP contribution >= 0.6 is 11.6 Å². The molecule has 0 bridgehead atoms. The van der Waals surface area contributed by atoms with Gasteiger partial charge in [-0.2, -0.15) is 5.10 Å². The van der Waals surface area contributed by atoms with Crippen molar-refractivity contribution in [2.75, 3.05) is 19.7 Å². The van der Waals surface area contributed by atoms with E-state index < -0.39 is 0 Å². The largest absolute Gasteiger partial charge is 0.484 e. The molecule has 0 atom stereocenters. The molecule has 3 rings (SSSR count). The van der Waals surface area contributed by atoms with Gasteiger partial charge in [0.05, 0.1) is 11.7 Å². The van der Waals surface area contributed by atoms with Gasteiger partial charge < -0.3 is 9.64 Å². The molecule has 1 fully saturated rings. The van der Waals surface area contributed by atoms with Crippen molar-refractivity contribution in [1.29, 1.82) is 0 Å². The smallest absolute Gasteiger partial charge is 0.267 e. The zero-order valence-electron chi connectivity index (χ0n) is 16.5. The first-order valence-electron chi connectivity index (χ1n) is 9.50. The molecular weight excluding hydrogens is 378 g/mol. The minimum atomic E-state index is -0.120. The highest BCUT2D eigenvalue weighted by molar-refractivity contribution is 6.30. The Morgan fingerprint density at radius 2 is 1.79 bits per heavy atom. The van der Waals surface area contributed by atoms with Crippen LogP contribution in [0.5, 0.6) is 5.75 Å². The van der Waals surface area contributed by atoms with Crippen LogP contribution in [0.1, 0.15) is 45.3 Å². The molecule has 0 N–H and O–H groups in total. The number of hydrogen-bond acceptors (Lipinski definition) is 4. The summed E-state index contributed by atoms with van der Waals surface area (Å²) in [7, 11) is 0. The second-order valence-electron chi connectivity index (χ2n) is 8.11. The van der Waals surface area contributed by atoms with Gasteiger partial charge in [-0.25, -0.2) is 4.68 Å². The molecule has 1 amide bonds. The highest BCUT2D eigenvalue weighted by Crippen LogP contribution is 2.23. The number of carbonyl (C=O) groups is 1. The Kier molecular flexibility index (Phi) is 6.08. The number of piperidine rings is 1. The van der Waals surface area contributed by atoms with E-state index >= 15 is 0 Å². The van der Waals surface area contributed by atoms with E-state index in [4.69, 9.17) is 16.3 Å². The molecule has 1 aliphatic rings. The van der Waals surface area contributed by atoms with Gasteiger partial charge in [-0.05, 0) is 43.2 Å². The Hall–Kier alpha value is -2.34. The Balaban J connectivity index is 1.57. The summed E-state index contributed by atoms with van der Waals surface area (Å²) in [6, 6.07) is 10.3. The van der Waals surface area contributed by atoms with E-state index in [2.05, 4.69) is 25.9 Å². The monoisotopic (exact) mass is 403 g/mol. The number of likely N-dealkylation sites (tertiary alicyclic amines) is 1. The van der Waals surface area contributed by atoms with E-state index in [9.17, 15) is 9.59 Å². The Bertz CT molecular complexity index is 879. The zero-order chi connectivity index (χ0) is 20.3. The molecule has 7 heteroatoms. The Morgan fingerprint density at radius 1 is 1.14 bits per heavy atom. The topological polar surface area (TPSA) is 64.4 Å². The molecule has 1 aromatic carbocycles. The third kappa shape index (κ3) is 4.93. The van der Waals surface area contributed by atoms with Crippen molar-refractivity contribution in [3.63, 3.8) is 0 Å². The maximum absolute atomic E-state index is 12.4. The van der Waals surface area contributed by atoms with Crippen molar-refractivity contribution in [3.8, 4) is 5.75 Å². The first-order valence-corrected chi connectivity index (χ1v) is 9.88. The maximum Gasteiger partial charge on any atom is 0.267 e. The second-order valence-corrected chi connectivity index (χ2v) is 8.54. The fourth-order valence-corrected chi connectivity index (χ4v) is 3.34. The SMILES string of the molecule is CC(C)(C)c1ccc(=O)n(C2CCN(C(=O)COc3ccc(Cl)cc3)CC2)n1. The van der Waals surface area contributed by atoms with Crippen LogP contribution in [0.25, 0.3) is 0 Å². The molecule has 2 aromatic rings. The van der Waals surface area contributed by atoms with Crippen LogP contribution in [0.4, 0.5) is 0 Å². The van der Waals surface area contributed by atoms with Gasteiger partial charge in [0.25, 0.3) is 11.5 Å². The van der Waals surface area contributed by atoms with Crippen LogP contribution in [0.15, 0.2) is 41.2 Å². The highest BCUT2D eigenvalue weighted by Gasteiger charge is 2.26. The molecule has 0 aliphatic carbocycles. The van der Waals surface area contributed by atoms with Crippen molar-refractivity contribution < 1.29 is 9.53 Å². The lowest BCUT2D eigenvalue weighted by Gasteiger charge is -2.32. The van der Waals surface area contributed by atoms with Gasteiger partial charge in [-0.15, -0.1) is 0 Å². The standard InChI is InChI=1S/C21H26ClN3O3/c1-21(2,3)18-8-9-19(26)25(23-18)16-10-12-24(13-11-16)20(27)14-28-17-6-4-15(22)5-7-17/h4-9,16H,10-14H2,1-3H3. The van der Waals surface area contributed by atoms with Crippen LogP contribution in [-0.2, 0) is 10.2 Å². The van der Waals surface area contributed by atoms with Gasteiger partial charge in [0.15, 0.2) is 6.61 Å². The molecule has 150 valence electrons. The molecule has 1 aromatic heterocycles. The van der Waals surface area contributed by atoms with Gasteiger partial charge in [0.1, 0.15) is 5.75 Å². The van der Waals surface area contributed by atoms with Crippen molar-refractivity contribution in [3.05, 3.63) is 57.5 Å². The number of nitrogens with zero attached hydrogens (tertiary/aromatic N) is 3. The number of carbonyl (C=O) groups excluding carboxylic acids is 1. The summed E-state index contributed by atoms with van der Waals surface area (Å²) < 4.78 is 7.13. The molecule has 1 aliphatic heterocycles. The van der Waals surface area contributed by atoms with Gasteiger partial charge in [0, 0.05) is 29.6 Å². The molecule has 0 unspecified atom stereocenters.